The Labute approximate surface area is 164 Å². The number of hydrogen-bond acceptors (Lipinski definition) is 5. The van der Waals surface area contributed by atoms with Gasteiger partial charge in [-0.1, -0.05) is 19.1 Å². The molecule has 1 amide bonds. The van der Waals surface area contributed by atoms with Crippen LogP contribution in [0.3, 0.4) is 0 Å². The molecule has 0 aliphatic heterocycles. The van der Waals surface area contributed by atoms with Crippen LogP contribution in [0.5, 0.6) is 11.5 Å². The maximum Gasteiger partial charge on any atom is 0.255 e. The number of aryl methyl sites for hydroxylation is 1. The van der Waals surface area contributed by atoms with E-state index < -0.39 is 0 Å². The molecule has 2 N–H and O–H groups in total. The van der Waals surface area contributed by atoms with E-state index in [0.29, 0.717) is 22.9 Å². The second-order valence-electron chi connectivity index (χ2n) is 6.13. The first kappa shape index (κ1) is 19.2. The topological polar surface area (TPSA) is 72.5 Å². The van der Waals surface area contributed by atoms with E-state index in [4.69, 9.17) is 9.47 Å². The summed E-state index contributed by atoms with van der Waals surface area (Å²) in [6, 6.07) is 16.6. The molecule has 0 radical (unpaired) electrons. The number of rotatable bonds is 7. The van der Waals surface area contributed by atoms with Gasteiger partial charge >= 0.3 is 0 Å². The first-order chi connectivity index (χ1) is 13.6. The Balaban J connectivity index is 1.75. The highest BCUT2D eigenvalue weighted by atomic mass is 16.5. The molecule has 0 atom stereocenters. The second kappa shape index (κ2) is 8.90. The minimum Gasteiger partial charge on any atom is -0.497 e. The number of benzene rings is 2. The van der Waals surface area contributed by atoms with Gasteiger partial charge in [-0.25, -0.2) is 4.98 Å². The molecular formula is C22H23N3O3. The van der Waals surface area contributed by atoms with E-state index in [-0.39, 0.29) is 5.91 Å². The van der Waals surface area contributed by atoms with Crippen molar-refractivity contribution in [1.29, 1.82) is 0 Å². The van der Waals surface area contributed by atoms with E-state index in [1.807, 2.05) is 36.4 Å². The van der Waals surface area contributed by atoms with Crippen molar-refractivity contribution in [3.05, 3.63) is 71.9 Å². The number of hydrogen-bond donors (Lipinski definition) is 2. The number of carbonyl (C=O) groups is 1. The normalized spacial score (nSPS) is 10.2. The van der Waals surface area contributed by atoms with Gasteiger partial charge < -0.3 is 20.1 Å². The van der Waals surface area contributed by atoms with Gasteiger partial charge in [0.1, 0.15) is 17.3 Å². The smallest absolute Gasteiger partial charge is 0.255 e. The second-order valence-corrected chi connectivity index (χ2v) is 6.13. The van der Waals surface area contributed by atoms with Crippen molar-refractivity contribution in [3.8, 4) is 11.5 Å². The van der Waals surface area contributed by atoms with E-state index >= 15 is 0 Å². The van der Waals surface area contributed by atoms with Crippen molar-refractivity contribution < 1.29 is 14.3 Å². The first-order valence-electron chi connectivity index (χ1n) is 8.98. The van der Waals surface area contributed by atoms with Crippen molar-refractivity contribution in [2.45, 2.75) is 13.3 Å². The zero-order chi connectivity index (χ0) is 19.9. The number of ether oxygens (including phenoxy) is 2. The lowest BCUT2D eigenvalue weighted by atomic mass is 10.1. The van der Waals surface area contributed by atoms with E-state index in [1.165, 1.54) is 5.56 Å². The number of pyridine rings is 1. The summed E-state index contributed by atoms with van der Waals surface area (Å²) >= 11 is 0. The number of nitrogens with zero attached hydrogens (tertiary/aromatic N) is 1. The summed E-state index contributed by atoms with van der Waals surface area (Å²) in [6.07, 6.45) is 2.55. The lowest BCUT2D eigenvalue weighted by Crippen LogP contribution is -2.12. The number of amides is 1. The Morgan fingerprint density at radius 1 is 1.00 bits per heavy atom. The zero-order valence-electron chi connectivity index (χ0n) is 16.2. The predicted octanol–water partition coefficient (Wildman–Crippen LogP) is 4.66. The van der Waals surface area contributed by atoms with Crippen LogP contribution in [-0.2, 0) is 6.42 Å². The van der Waals surface area contributed by atoms with Crippen LogP contribution in [0.4, 0.5) is 17.2 Å². The van der Waals surface area contributed by atoms with Crippen LogP contribution in [0.1, 0.15) is 22.8 Å². The molecule has 0 saturated heterocycles. The summed E-state index contributed by atoms with van der Waals surface area (Å²) in [7, 11) is 3.18. The van der Waals surface area contributed by atoms with Gasteiger partial charge in [-0.05, 0) is 48.4 Å². The fraction of sp³-hybridized carbons (Fsp3) is 0.182. The fourth-order valence-corrected chi connectivity index (χ4v) is 2.71. The molecular weight excluding hydrogens is 354 g/mol. The molecule has 6 heteroatoms. The Morgan fingerprint density at radius 3 is 2.46 bits per heavy atom. The lowest BCUT2D eigenvalue weighted by Gasteiger charge is -2.12. The minimum atomic E-state index is -0.198. The van der Waals surface area contributed by atoms with Crippen molar-refractivity contribution in [2.24, 2.45) is 0 Å². The summed E-state index contributed by atoms with van der Waals surface area (Å²) in [6.45, 7) is 2.09. The average molecular weight is 377 g/mol. The number of anilines is 3. The van der Waals surface area contributed by atoms with Gasteiger partial charge in [-0.15, -0.1) is 0 Å². The molecule has 3 aromatic rings. The Hall–Kier alpha value is -3.54. The minimum absolute atomic E-state index is 0.198. The Bertz CT molecular complexity index is 955. The molecule has 28 heavy (non-hydrogen) atoms. The van der Waals surface area contributed by atoms with Crippen LogP contribution >= 0.6 is 0 Å². The molecule has 2 aromatic carbocycles. The molecule has 1 heterocycles. The van der Waals surface area contributed by atoms with Gasteiger partial charge in [-0.3, -0.25) is 4.79 Å². The summed E-state index contributed by atoms with van der Waals surface area (Å²) in [5.74, 6) is 1.65. The molecule has 1 aromatic heterocycles. The molecule has 0 bridgehead atoms. The Kier molecular flexibility index (Phi) is 6.11. The molecule has 0 unspecified atom stereocenters. The summed E-state index contributed by atoms with van der Waals surface area (Å²) in [4.78, 5) is 16.9. The fourth-order valence-electron chi connectivity index (χ4n) is 2.71. The molecule has 0 fully saturated rings. The van der Waals surface area contributed by atoms with Gasteiger partial charge in [0.15, 0.2) is 0 Å². The van der Waals surface area contributed by atoms with E-state index in [0.717, 1.165) is 17.8 Å². The van der Waals surface area contributed by atoms with Crippen LogP contribution in [0, 0.1) is 0 Å². The van der Waals surface area contributed by atoms with Crippen LogP contribution in [-0.4, -0.2) is 25.1 Å². The van der Waals surface area contributed by atoms with Crippen molar-refractivity contribution in [3.63, 3.8) is 0 Å². The van der Waals surface area contributed by atoms with Gasteiger partial charge in [0.05, 0.1) is 19.9 Å². The molecule has 0 spiro atoms. The Morgan fingerprint density at radius 2 is 1.79 bits per heavy atom. The third kappa shape index (κ3) is 4.59. The molecule has 0 aliphatic carbocycles. The maximum absolute atomic E-state index is 12.6. The monoisotopic (exact) mass is 377 g/mol. The van der Waals surface area contributed by atoms with Gasteiger partial charge in [-0.2, -0.15) is 0 Å². The van der Waals surface area contributed by atoms with Crippen molar-refractivity contribution in [1.82, 2.24) is 4.98 Å². The summed E-state index contributed by atoms with van der Waals surface area (Å²) < 4.78 is 10.6. The highest BCUT2D eigenvalue weighted by Gasteiger charge is 2.10. The predicted molar refractivity (Wildman–Crippen MR) is 111 cm³/mol. The molecule has 0 aliphatic rings. The number of nitrogens with one attached hydrogen (secondary N) is 2. The molecule has 0 saturated carbocycles. The first-order valence-corrected chi connectivity index (χ1v) is 8.98. The summed E-state index contributed by atoms with van der Waals surface area (Å²) in [5.41, 5.74) is 3.21. The molecule has 3 rings (SSSR count). The highest BCUT2D eigenvalue weighted by Crippen LogP contribution is 2.31. The van der Waals surface area contributed by atoms with E-state index in [1.54, 1.807) is 38.6 Å². The number of methoxy groups -OCH3 is 2. The van der Waals surface area contributed by atoms with Crippen molar-refractivity contribution >= 4 is 23.1 Å². The quantitative estimate of drug-likeness (QED) is 0.627. The number of carbonyl (C=O) groups excluding carboxylic acids is 1. The zero-order valence-corrected chi connectivity index (χ0v) is 16.2. The highest BCUT2D eigenvalue weighted by molar-refractivity contribution is 6.04. The standard InChI is InChI=1S/C22H23N3O3/c1-4-15-5-7-17(8-6-15)24-22(26)16-11-12-23-21(13-16)25-19-10-9-18(27-2)14-20(19)28-3/h5-14H,4H2,1-3H3,(H,23,25)(H,24,26). The summed E-state index contributed by atoms with van der Waals surface area (Å²) in [5, 5.41) is 6.08. The third-order valence-corrected chi connectivity index (χ3v) is 4.31. The lowest BCUT2D eigenvalue weighted by molar-refractivity contribution is 0.102. The van der Waals surface area contributed by atoms with Gasteiger partial charge in [0, 0.05) is 23.5 Å². The average Bonchev–Trinajstić information content (AvgIpc) is 2.74. The number of aromatic nitrogens is 1. The van der Waals surface area contributed by atoms with Gasteiger partial charge in [0.2, 0.25) is 0 Å². The third-order valence-electron chi connectivity index (χ3n) is 4.31. The van der Waals surface area contributed by atoms with Crippen molar-refractivity contribution in [2.75, 3.05) is 24.9 Å². The maximum atomic E-state index is 12.6. The SMILES string of the molecule is CCc1ccc(NC(=O)c2ccnc(Nc3ccc(OC)cc3OC)c2)cc1. The van der Waals surface area contributed by atoms with E-state index in [9.17, 15) is 4.79 Å². The van der Waals surface area contributed by atoms with Crippen LogP contribution in [0.2, 0.25) is 0 Å². The molecule has 6 nitrogen and oxygen atoms in total. The largest absolute Gasteiger partial charge is 0.497 e. The van der Waals surface area contributed by atoms with Gasteiger partial charge in [0.25, 0.3) is 5.91 Å². The van der Waals surface area contributed by atoms with Crippen LogP contribution < -0.4 is 20.1 Å². The van der Waals surface area contributed by atoms with E-state index in [2.05, 4.69) is 22.5 Å². The van der Waals surface area contributed by atoms with Crippen LogP contribution in [0.15, 0.2) is 60.8 Å². The molecule has 144 valence electrons. The van der Waals surface area contributed by atoms with Crippen LogP contribution in [0.25, 0.3) is 0 Å².